The zero-order valence-corrected chi connectivity index (χ0v) is 13.3. The smallest absolute Gasteiger partial charge is 0.322 e. The Bertz CT molecular complexity index is 775. The second-order valence-electron chi connectivity index (χ2n) is 5.54. The van der Waals surface area contributed by atoms with Crippen LogP contribution in [0, 0.1) is 0 Å². The first kappa shape index (κ1) is 16.5. The molecule has 0 spiro atoms. The van der Waals surface area contributed by atoms with Crippen LogP contribution in [-0.4, -0.2) is 23.9 Å². The van der Waals surface area contributed by atoms with Gasteiger partial charge >= 0.3 is 6.03 Å². The number of hydrogen-bond acceptors (Lipinski definition) is 4. The number of rotatable bonds is 6. The summed E-state index contributed by atoms with van der Waals surface area (Å²) in [4.78, 5) is 34.4. The fraction of sp³-hybridized carbons (Fsp3) is 0.167. The van der Waals surface area contributed by atoms with Gasteiger partial charge in [0.15, 0.2) is 0 Å². The third-order valence-electron chi connectivity index (χ3n) is 3.64. The number of imide groups is 1. The van der Waals surface area contributed by atoms with E-state index in [0.717, 1.165) is 5.75 Å². The third kappa shape index (κ3) is 4.57. The lowest BCUT2D eigenvalue weighted by molar-refractivity contribution is -0.120. The van der Waals surface area contributed by atoms with Crippen LogP contribution in [0.1, 0.15) is 12.8 Å². The number of ether oxygens (including phenoxy) is 1. The van der Waals surface area contributed by atoms with Crippen molar-refractivity contribution in [2.45, 2.75) is 18.9 Å². The molecular formula is C18H17N3O4. The number of benzene rings is 2. The van der Waals surface area contributed by atoms with Gasteiger partial charge in [0.05, 0.1) is 0 Å². The van der Waals surface area contributed by atoms with Gasteiger partial charge in [-0.05, 0) is 42.8 Å². The van der Waals surface area contributed by atoms with E-state index in [9.17, 15) is 14.4 Å². The minimum absolute atomic E-state index is 0.126. The maximum atomic E-state index is 11.9. The summed E-state index contributed by atoms with van der Waals surface area (Å²) < 4.78 is 5.68. The molecular weight excluding hydrogens is 322 g/mol. The molecule has 25 heavy (non-hydrogen) atoms. The number of carbonyl (C=O) groups excluding carboxylic acids is 3. The average molecular weight is 339 g/mol. The van der Waals surface area contributed by atoms with E-state index in [2.05, 4.69) is 16.0 Å². The highest BCUT2D eigenvalue weighted by atomic mass is 16.5. The van der Waals surface area contributed by atoms with Crippen LogP contribution in [0.3, 0.4) is 0 Å². The van der Waals surface area contributed by atoms with Crippen LogP contribution >= 0.6 is 0 Å². The number of anilines is 1. The van der Waals surface area contributed by atoms with E-state index in [-0.39, 0.29) is 18.7 Å². The highest BCUT2D eigenvalue weighted by Gasteiger charge is 2.29. The van der Waals surface area contributed by atoms with Crippen molar-refractivity contribution in [3.8, 4) is 11.5 Å². The number of nitrogens with one attached hydrogen (secondary N) is 3. The van der Waals surface area contributed by atoms with Gasteiger partial charge in [-0.1, -0.05) is 18.2 Å². The average Bonchev–Trinajstić information content (AvgIpc) is 2.93. The van der Waals surface area contributed by atoms with Crippen LogP contribution in [0.2, 0.25) is 0 Å². The molecule has 0 aromatic heterocycles. The van der Waals surface area contributed by atoms with Crippen LogP contribution in [0.15, 0.2) is 54.6 Å². The van der Waals surface area contributed by atoms with Crippen molar-refractivity contribution in [1.29, 1.82) is 0 Å². The molecule has 3 N–H and O–H groups in total. The lowest BCUT2D eigenvalue weighted by Crippen LogP contribution is -2.30. The lowest BCUT2D eigenvalue weighted by Gasteiger charge is -2.09. The maximum Gasteiger partial charge on any atom is 0.322 e. The first-order valence-electron chi connectivity index (χ1n) is 7.84. The number of amides is 4. The van der Waals surface area contributed by atoms with Gasteiger partial charge in [0.2, 0.25) is 5.91 Å². The molecule has 128 valence electrons. The van der Waals surface area contributed by atoms with Crippen LogP contribution < -0.4 is 20.7 Å². The Labute approximate surface area is 144 Å². The first-order chi connectivity index (χ1) is 12.1. The summed E-state index contributed by atoms with van der Waals surface area (Å²) in [7, 11) is 0. The number of hydrogen-bond donors (Lipinski definition) is 3. The summed E-state index contributed by atoms with van der Waals surface area (Å²) in [5.41, 5.74) is 0.630. The Balaban J connectivity index is 1.48. The van der Waals surface area contributed by atoms with Crippen molar-refractivity contribution >= 4 is 23.5 Å². The normalized spacial score (nSPS) is 16.1. The van der Waals surface area contributed by atoms with Gasteiger partial charge in [-0.15, -0.1) is 0 Å². The Hall–Kier alpha value is -3.35. The molecule has 1 heterocycles. The molecule has 0 radical (unpaired) electrons. The van der Waals surface area contributed by atoms with Crippen molar-refractivity contribution in [3.63, 3.8) is 0 Å². The SMILES string of the molecule is O=C(CC[C@H]1NC(=O)NC1=O)Nc1ccc(Oc2ccccc2)cc1. The van der Waals surface area contributed by atoms with Crippen molar-refractivity contribution in [2.24, 2.45) is 0 Å². The Kier molecular flexibility index (Phi) is 4.94. The highest BCUT2D eigenvalue weighted by Crippen LogP contribution is 2.22. The molecule has 1 aliphatic rings. The van der Waals surface area contributed by atoms with Gasteiger partial charge in [0.1, 0.15) is 17.5 Å². The van der Waals surface area contributed by atoms with Gasteiger partial charge in [-0.3, -0.25) is 14.9 Å². The minimum atomic E-state index is -0.653. The van der Waals surface area contributed by atoms with Crippen LogP contribution in [-0.2, 0) is 9.59 Å². The molecule has 2 aromatic rings. The van der Waals surface area contributed by atoms with E-state index < -0.39 is 18.0 Å². The summed E-state index contributed by atoms with van der Waals surface area (Å²) >= 11 is 0. The summed E-state index contributed by atoms with van der Waals surface area (Å²) in [6.45, 7) is 0. The second-order valence-corrected chi connectivity index (χ2v) is 5.54. The molecule has 7 heteroatoms. The van der Waals surface area contributed by atoms with Crippen LogP contribution in [0.25, 0.3) is 0 Å². The minimum Gasteiger partial charge on any atom is -0.457 e. The van der Waals surface area contributed by atoms with Crippen molar-refractivity contribution in [3.05, 3.63) is 54.6 Å². The number of carbonyl (C=O) groups is 3. The molecule has 1 saturated heterocycles. The number of urea groups is 1. The molecule has 7 nitrogen and oxygen atoms in total. The topological polar surface area (TPSA) is 96.5 Å². The second kappa shape index (κ2) is 7.48. The zero-order chi connectivity index (χ0) is 17.6. The highest BCUT2D eigenvalue weighted by molar-refractivity contribution is 6.04. The van der Waals surface area contributed by atoms with Crippen LogP contribution in [0.4, 0.5) is 10.5 Å². The molecule has 3 rings (SSSR count). The Morgan fingerprint density at radius 3 is 2.32 bits per heavy atom. The van der Waals surface area contributed by atoms with Gasteiger partial charge in [0, 0.05) is 12.1 Å². The molecule has 4 amide bonds. The molecule has 0 saturated carbocycles. The maximum absolute atomic E-state index is 11.9. The molecule has 2 aromatic carbocycles. The van der Waals surface area contributed by atoms with E-state index in [1.165, 1.54) is 0 Å². The predicted molar refractivity (Wildman–Crippen MR) is 91.3 cm³/mol. The molecule has 1 atom stereocenters. The van der Waals surface area contributed by atoms with Gasteiger partial charge in [-0.25, -0.2) is 4.79 Å². The van der Waals surface area contributed by atoms with Crippen molar-refractivity contribution < 1.29 is 19.1 Å². The van der Waals surface area contributed by atoms with Gasteiger partial charge in [-0.2, -0.15) is 0 Å². The zero-order valence-electron chi connectivity index (χ0n) is 13.3. The molecule has 0 unspecified atom stereocenters. The van der Waals surface area contributed by atoms with E-state index in [4.69, 9.17) is 4.74 Å². The first-order valence-corrected chi connectivity index (χ1v) is 7.84. The van der Waals surface area contributed by atoms with E-state index in [1.807, 2.05) is 30.3 Å². The van der Waals surface area contributed by atoms with Gasteiger partial charge < -0.3 is 15.4 Å². The molecule has 1 fully saturated rings. The molecule has 0 bridgehead atoms. The number of para-hydroxylation sites is 1. The summed E-state index contributed by atoms with van der Waals surface area (Å²) in [5.74, 6) is 0.761. The van der Waals surface area contributed by atoms with Gasteiger partial charge in [0.25, 0.3) is 5.91 Å². The Morgan fingerprint density at radius 1 is 1.00 bits per heavy atom. The Morgan fingerprint density at radius 2 is 1.68 bits per heavy atom. The van der Waals surface area contributed by atoms with Crippen LogP contribution in [0.5, 0.6) is 11.5 Å². The van der Waals surface area contributed by atoms with Crippen molar-refractivity contribution in [1.82, 2.24) is 10.6 Å². The molecule has 1 aliphatic heterocycles. The lowest BCUT2D eigenvalue weighted by atomic mass is 10.1. The van der Waals surface area contributed by atoms with Crippen molar-refractivity contribution in [2.75, 3.05) is 5.32 Å². The summed E-state index contributed by atoms with van der Waals surface area (Å²) in [6.07, 6.45) is 0.374. The monoisotopic (exact) mass is 339 g/mol. The largest absolute Gasteiger partial charge is 0.457 e. The fourth-order valence-electron chi connectivity index (χ4n) is 2.39. The summed E-state index contributed by atoms with van der Waals surface area (Å²) in [6, 6.07) is 15.2. The fourth-order valence-corrected chi connectivity index (χ4v) is 2.39. The predicted octanol–water partition coefficient (Wildman–Crippen LogP) is 2.41. The quantitative estimate of drug-likeness (QED) is 0.704. The van der Waals surface area contributed by atoms with E-state index >= 15 is 0 Å². The summed E-state index contributed by atoms with van der Waals surface area (Å²) in [5, 5.41) is 7.33. The van der Waals surface area contributed by atoms with E-state index in [1.54, 1.807) is 24.3 Å². The molecule has 0 aliphatic carbocycles. The standard InChI is InChI=1S/C18H17N3O4/c22-16(11-10-15-17(23)21-18(24)20-15)19-12-6-8-14(9-7-12)25-13-4-2-1-3-5-13/h1-9,15H,10-11H2,(H,19,22)(H2,20,21,23,24)/t15-/m1/s1. The van der Waals surface area contributed by atoms with E-state index in [0.29, 0.717) is 11.4 Å². The third-order valence-corrected chi connectivity index (χ3v) is 3.64.